The lowest BCUT2D eigenvalue weighted by molar-refractivity contribution is -0.140. The molecule has 0 aliphatic heterocycles. The van der Waals surface area contributed by atoms with Crippen LogP contribution in [0.4, 0.5) is 0 Å². The highest BCUT2D eigenvalue weighted by Gasteiger charge is 2.40. The van der Waals surface area contributed by atoms with Crippen molar-refractivity contribution >= 4 is 5.91 Å². The number of carbonyl (C=O) groups is 1. The van der Waals surface area contributed by atoms with Gasteiger partial charge in [-0.15, -0.1) is 0 Å². The molecule has 1 amide bonds. The normalized spacial score (nSPS) is 25.9. The van der Waals surface area contributed by atoms with E-state index < -0.39 is 11.1 Å². The van der Waals surface area contributed by atoms with Crippen molar-refractivity contribution in [3.05, 3.63) is 0 Å². The summed E-state index contributed by atoms with van der Waals surface area (Å²) in [7, 11) is 1.78. The fourth-order valence-corrected chi connectivity index (χ4v) is 3.48. The number of hydrogen-bond acceptors (Lipinski definition) is 3. The lowest BCUT2D eigenvalue weighted by atomic mass is 9.81. The maximum atomic E-state index is 12.4. The van der Waals surface area contributed by atoms with Crippen LogP contribution >= 0.6 is 0 Å². The smallest absolute Gasteiger partial charge is 0.242 e. The molecular formula is C14H26N2O2. The van der Waals surface area contributed by atoms with Gasteiger partial charge in [0.1, 0.15) is 0 Å². The largest absolute Gasteiger partial charge is 0.388 e. The van der Waals surface area contributed by atoms with Crippen LogP contribution in [-0.4, -0.2) is 40.6 Å². The minimum absolute atomic E-state index is 0.0162. The lowest BCUT2D eigenvalue weighted by Gasteiger charge is -2.37. The van der Waals surface area contributed by atoms with Crippen LogP contribution in [0.2, 0.25) is 0 Å². The summed E-state index contributed by atoms with van der Waals surface area (Å²) in [6, 6.07) is 0. The highest BCUT2D eigenvalue weighted by Crippen LogP contribution is 2.32. The number of rotatable bonds is 3. The monoisotopic (exact) mass is 254 g/mol. The van der Waals surface area contributed by atoms with Crippen LogP contribution in [0.3, 0.4) is 0 Å². The van der Waals surface area contributed by atoms with Gasteiger partial charge in [0.05, 0.1) is 11.1 Å². The summed E-state index contributed by atoms with van der Waals surface area (Å²) in [4.78, 5) is 14.1. The van der Waals surface area contributed by atoms with Crippen molar-refractivity contribution in [3.63, 3.8) is 0 Å². The molecule has 2 aliphatic carbocycles. The summed E-state index contributed by atoms with van der Waals surface area (Å²) in [5.74, 6) is 0.0162. The number of aliphatic hydroxyl groups is 1. The van der Waals surface area contributed by atoms with Crippen molar-refractivity contribution in [2.45, 2.75) is 68.9 Å². The molecule has 0 saturated heterocycles. The van der Waals surface area contributed by atoms with Gasteiger partial charge in [0.25, 0.3) is 0 Å². The Morgan fingerprint density at radius 1 is 1.11 bits per heavy atom. The summed E-state index contributed by atoms with van der Waals surface area (Å²) in [5, 5.41) is 10.4. The van der Waals surface area contributed by atoms with E-state index in [-0.39, 0.29) is 5.91 Å². The summed E-state index contributed by atoms with van der Waals surface area (Å²) < 4.78 is 0. The average molecular weight is 254 g/mol. The van der Waals surface area contributed by atoms with E-state index in [9.17, 15) is 9.90 Å². The molecular weight excluding hydrogens is 228 g/mol. The predicted molar refractivity (Wildman–Crippen MR) is 71.1 cm³/mol. The Labute approximate surface area is 110 Å². The predicted octanol–water partition coefficient (Wildman–Crippen LogP) is 1.41. The number of hydrogen-bond donors (Lipinski definition) is 2. The first-order valence-corrected chi connectivity index (χ1v) is 7.22. The molecule has 18 heavy (non-hydrogen) atoms. The summed E-state index contributed by atoms with van der Waals surface area (Å²) in [6.07, 6.45) is 8.58. The second-order valence-corrected chi connectivity index (χ2v) is 6.31. The van der Waals surface area contributed by atoms with E-state index in [0.717, 1.165) is 51.4 Å². The molecule has 2 rings (SSSR count). The molecule has 0 unspecified atom stereocenters. The van der Waals surface area contributed by atoms with Gasteiger partial charge in [-0.1, -0.05) is 32.1 Å². The summed E-state index contributed by atoms with van der Waals surface area (Å²) >= 11 is 0. The van der Waals surface area contributed by atoms with E-state index in [1.54, 1.807) is 11.9 Å². The van der Waals surface area contributed by atoms with Crippen molar-refractivity contribution in [1.29, 1.82) is 0 Å². The van der Waals surface area contributed by atoms with E-state index in [1.807, 2.05) is 0 Å². The van der Waals surface area contributed by atoms with Gasteiger partial charge >= 0.3 is 0 Å². The van der Waals surface area contributed by atoms with Gasteiger partial charge in [-0.2, -0.15) is 0 Å². The molecule has 104 valence electrons. The Morgan fingerprint density at radius 2 is 1.61 bits per heavy atom. The zero-order chi connectivity index (χ0) is 13.2. The van der Waals surface area contributed by atoms with E-state index in [1.165, 1.54) is 6.42 Å². The first-order chi connectivity index (χ1) is 8.45. The maximum absolute atomic E-state index is 12.4. The first-order valence-electron chi connectivity index (χ1n) is 7.22. The minimum atomic E-state index is -0.679. The molecule has 0 spiro atoms. The Hall–Kier alpha value is -0.610. The third-order valence-electron chi connectivity index (χ3n) is 4.58. The van der Waals surface area contributed by atoms with Crippen molar-refractivity contribution in [2.75, 3.05) is 13.6 Å². The zero-order valence-corrected chi connectivity index (χ0v) is 11.5. The average Bonchev–Trinajstić information content (AvgIpc) is 2.75. The van der Waals surface area contributed by atoms with Crippen LogP contribution in [0.1, 0.15) is 57.8 Å². The molecule has 4 heteroatoms. The Kier molecular flexibility index (Phi) is 3.97. The Bertz CT molecular complexity index is 305. The molecule has 0 bridgehead atoms. The quantitative estimate of drug-likeness (QED) is 0.800. The number of carbonyl (C=O) groups excluding carboxylic acids is 1. The van der Waals surface area contributed by atoms with Crippen molar-refractivity contribution in [1.82, 2.24) is 4.90 Å². The summed E-state index contributed by atoms with van der Waals surface area (Å²) in [5.41, 5.74) is 4.90. The van der Waals surface area contributed by atoms with Gasteiger partial charge in [-0.25, -0.2) is 0 Å². The molecule has 0 aromatic carbocycles. The molecule has 2 fully saturated rings. The van der Waals surface area contributed by atoms with Crippen LogP contribution in [-0.2, 0) is 4.79 Å². The molecule has 2 saturated carbocycles. The lowest BCUT2D eigenvalue weighted by Crippen LogP contribution is -2.57. The van der Waals surface area contributed by atoms with Crippen molar-refractivity contribution < 1.29 is 9.90 Å². The fraction of sp³-hybridized carbons (Fsp3) is 0.929. The third-order valence-corrected chi connectivity index (χ3v) is 4.58. The van der Waals surface area contributed by atoms with Crippen LogP contribution < -0.4 is 5.73 Å². The number of likely N-dealkylation sites (N-methyl/N-ethyl adjacent to an activating group) is 1. The second-order valence-electron chi connectivity index (χ2n) is 6.31. The van der Waals surface area contributed by atoms with Crippen molar-refractivity contribution in [2.24, 2.45) is 5.73 Å². The first kappa shape index (κ1) is 13.8. The van der Waals surface area contributed by atoms with E-state index in [2.05, 4.69) is 0 Å². The molecule has 0 radical (unpaired) electrons. The Morgan fingerprint density at radius 3 is 2.17 bits per heavy atom. The van der Waals surface area contributed by atoms with Gasteiger partial charge < -0.3 is 15.7 Å². The van der Waals surface area contributed by atoms with Gasteiger partial charge in [0.15, 0.2) is 0 Å². The fourth-order valence-electron chi connectivity index (χ4n) is 3.48. The molecule has 0 aromatic rings. The molecule has 0 heterocycles. The SMILES string of the molecule is CN(CC1(O)CCCC1)C(=O)C1(N)CCCCC1. The van der Waals surface area contributed by atoms with Gasteiger partial charge in [-0.3, -0.25) is 4.79 Å². The van der Waals surface area contributed by atoms with Crippen LogP contribution in [0.15, 0.2) is 0 Å². The number of nitrogens with two attached hydrogens (primary N) is 1. The highest BCUT2D eigenvalue weighted by molar-refractivity contribution is 5.86. The maximum Gasteiger partial charge on any atom is 0.242 e. The molecule has 4 nitrogen and oxygen atoms in total. The highest BCUT2D eigenvalue weighted by atomic mass is 16.3. The third kappa shape index (κ3) is 2.86. The standard InChI is InChI=1S/C14H26N2O2/c1-16(11-13(18)7-5-6-8-13)12(17)14(15)9-3-2-4-10-14/h18H,2-11,15H2,1H3. The van der Waals surface area contributed by atoms with Gasteiger partial charge in [-0.05, 0) is 25.7 Å². The molecule has 2 aliphatic rings. The molecule has 0 atom stereocenters. The van der Waals surface area contributed by atoms with E-state index in [0.29, 0.717) is 6.54 Å². The van der Waals surface area contributed by atoms with Crippen LogP contribution in [0, 0.1) is 0 Å². The van der Waals surface area contributed by atoms with Gasteiger partial charge in [0, 0.05) is 13.6 Å². The molecule has 0 aromatic heterocycles. The second kappa shape index (κ2) is 5.17. The van der Waals surface area contributed by atoms with E-state index >= 15 is 0 Å². The summed E-state index contributed by atoms with van der Waals surface area (Å²) in [6.45, 7) is 0.435. The molecule has 3 N–H and O–H groups in total. The Balaban J connectivity index is 1.95. The minimum Gasteiger partial charge on any atom is -0.388 e. The number of nitrogens with zero attached hydrogens (tertiary/aromatic N) is 1. The van der Waals surface area contributed by atoms with E-state index in [4.69, 9.17) is 5.73 Å². The topological polar surface area (TPSA) is 66.6 Å². The van der Waals surface area contributed by atoms with Gasteiger partial charge in [0.2, 0.25) is 5.91 Å². The van der Waals surface area contributed by atoms with Crippen molar-refractivity contribution in [3.8, 4) is 0 Å². The van der Waals surface area contributed by atoms with Crippen LogP contribution in [0.25, 0.3) is 0 Å². The number of amides is 1. The zero-order valence-electron chi connectivity index (χ0n) is 11.5. The van der Waals surface area contributed by atoms with Crippen LogP contribution in [0.5, 0.6) is 0 Å².